The number of hydrogen-bond acceptors (Lipinski definition) is 7. The minimum atomic E-state index is -0.915. The van der Waals surface area contributed by atoms with E-state index in [2.05, 4.69) is 65.4 Å². The molecular formula is C26H25N5O2S2. The predicted octanol–water partition coefficient (Wildman–Crippen LogP) is 5.80. The van der Waals surface area contributed by atoms with Crippen LogP contribution in [0.5, 0.6) is 0 Å². The van der Waals surface area contributed by atoms with E-state index in [0.717, 1.165) is 49.4 Å². The third-order valence-electron chi connectivity index (χ3n) is 6.45. The fraction of sp³-hybridized carbons (Fsp3) is 0.269. The molecule has 178 valence electrons. The number of carbonyl (C=O) groups is 1. The lowest BCUT2D eigenvalue weighted by atomic mass is 9.97. The van der Waals surface area contributed by atoms with Crippen LogP contribution in [0, 0.1) is 33.6 Å². The molecule has 35 heavy (non-hydrogen) atoms. The van der Waals surface area contributed by atoms with E-state index in [1.165, 1.54) is 4.88 Å². The first-order valence-electron chi connectivity index (χ1n) is 11.3. The number of thiazole rings is 1. The van der Waals surface area contributed by atoms with Crippen LogP contribution in [-0.4, -0.2) is 36.5 Å². The van der Waals surface area contributed by atoms with Crippen molar-refractivity contribution in [2.75, 3.05) is 0 Å². The van der Waals surface area contributed by atoms with Gasteiger partial charge in [-0.25, -0.2) is 4.98 Å². The Bertz CT molecular complexity index is 1490. The minimum Gasteiger partial charge on any atom is -0.481 e. The molecular weight excluding hydrogens is 478 g/mol. The molecule has 1 unspecified atom stereocenters. The normalized spacial score (nSPS) is 16.0. The Morgan fingerprint density at radius 2 is 1.86 bits per heavy atom. The van der Waals surface area contributed by atoms with Gasteiger partial charge in [-0.2, -0.15) is 0 Å². The third kappa shape index (κ3) is 4.04. The van der Waals surface area contributed by atoms with Gasteiger partial charge in [0.25, 0.3) is 0 Å². The van der Waals surface area contributed by atoms with Crippen molar-refractivity contribution in [1.82, 2.24) is 19.7 Å². The van der Waals surface area contributed by atoms with Crippen molar-refractivity contribution >= 4 is 46.5 Å². The molecule has 4 heterocycles. The quantitative estimate of drug-likeness (QED) is 0.371. The van der Waals surface area contributed by atoms with Gasteiger partial charge in [-0.15, -0.1) is 32.9 Å². The van der Waals surface area contributed by atoms with Gasteiger partial charge in [0, 0.05) is 20.9 Å². The van der Waals surface area contributed by atoms with Gasteiger partial charge in [0.05, 0.1) is 22.8 Å². The van der Waals surface area contributed by atoms with Crippen LogP contribution in [0.1, 0.15) is 62.3 Å². The van der Waals surface area contributed by atoms with Gasteiger partial charge >= 0.3 is 5.97 Å². The summed E-state index contributed by atoms with van der Waals surface area (Å²) in [5, 5.41) is 19.5. The third-order valence-corrected chi connectivity index (χ3v) is 8.53. The van der Waals surface area contributed by atoms with Gasteiger partial charge in [0.1, 0.15) is 16.9 Å². The number of aliphatic imine (C=N–C) groups is 1. The number of rotatable bonds is 5. The molecule has 1 aliphatic rings. The van der Waals surface area contributed by atoms with E-state index in [0.29, 0.717) is 5.82 Å². The number of benzene rings is 1. The van der Waals surface area contributed by atoms with Crippen molar-refractivity contribution < 1.29 is 9.90 Å². The molecule has 0 saturated carbocycles. The summed E-state index contributed by atoms with van der Waals surface area (Å²) in [6, 6.07) is 7.57. The number of nitrogens with zero attached hydrogens (tertiary/aromatic N) is 5. The maximum absolute atomic E-state index is 12.0. The van der Waals surface area contributed by atoms with E-state index < -0.39 is 17.9 Å². The molecule has 2 atom stereocenters. The van der Waals surface area contributed by atoms with Crippen LogP contribution in [0.25, 0.3) is 17.2 Å². The molecule has 1 aliphatic heterocycles. The molecule has 0 aliphatic carbocycles. The molecule has 5 rings (SSSR count). The number of carboxylic acid groups (broad SMARTS) is 1. The van der Waals surface area contributed by atoms with Crippen LogP contribution in [0.3, 0.4) is 0 Å². The Balaban J connectivity index is 1.64. The molecule has 7 nitrogen and oxygen atoms in total. The number of hydrogen-bond donors (Lipinski definition) is 1. The summed E-state index contributed by atoms with van der Waals surface area (Å²) in [5.41, 5.74) is 7.82. The lowest BCUT2D eigenvalue weighted by molar-refractivity contribution is -0.141. The Labute approximate surface area is 211 Å². The summed E-state index contributed by atoms with van der Waals surface area (Å²) in [7, 11) is 0. The molecule has 0 fully saturated rings. The molecule has 1 aromatic carbocycles. The molecule has 3 aromatic heterocycles. The number of carboxylic acids is 1. The van der Waals surface area contributed by atoms with Crippen molar-refractivity contribution in [3.8, 4) is 5.00 Å². The van der Waals surface area contributed by atoms with Gasteiger partial charge in [-0.05, 0) is 51.8 Å². The van der Waals surface area contributed by atoms with Crippen LogP contribution in [0.4, 0.5) is 0 Å². The second-order valence-electron chi connectivity index (χ2n) is 8.71. The zero-order valence-electron chi connectivity index (χ0n) is 20.1. The van der Waals surface area contributed by atoms with E-state index in [9.17, 15) is 9.90 Å². The smallest absolute Gasteiger partial charge is 0.308 e. The van der Waals surface area contributed by atoms with E-state index in [1.807, 2.05) is 23.9 Å². The lowest BCUT2D eigenvalue weighted by Crippen LogP contribution is -2.21. The lowest BCUT2D eigenvalue weighted by Gasteiger charge is -2.16. The Morgan fingerprint density at radius 3 is 2.51 bits per heavy atom. The molecule has 4 aromatic rings. The molecule has 0 amide bonds. The van der Waals surface area contributed by atoms with Crippen LogP contribution in [0.15, 0.2) is 34.8 Å². The predicted molar refractivity (Wildman–Crippen MR) is 141 cm³/mol. The van der Waals surface area contributed by atoms with Crippen LogP contribution < -0.4 is 0 Å². The maximum atomic E-state index is 12.0. The van der Waals surface area contributed by atoms with E-state index >= 15 is 0 Å². The second-order valence-corrected chi connectivity index (χ2v) is 10.8. The number of aromatic nitrogens is 4. The highest BCUT2D eigenvalue weighted by Gasteiger charge is 2.36. The molecule has 0 radical (unpaired) electrons. The molecule has 9 heteroatoms. The second kappa shape index (κ2) is 8.98. The van der Waals surface area contributed by atoms with Crippen molar-refractivity contribution in [3.05, 3.63) is 79.1 Å². The first kappa shape index (κ1) is 23.3. The van der Waals surface area contributed by atoms with Gasteiger partial charge in [-0.3, -0.25) is 14.4 Å². The average Bonchev–Trinajstić information content (AvgIpc) is 3.48. The maximum Gasteiger partial charge on any atom is 0.308 e. The molecule has 0 spiro atoms. The SMILES string of the molecule is Cc1ncsc1C=Cc1ccc(C2=N[C@@H](C(C)C(=O)O)c3nnc(C)n3-c3sc(C)c(C)c32)cc1. The highest BCUT2D eigenvalue weighted by Crippen LogP contribution is 2.40. The molecule has 0 saturated heterocycles. The molecule has 0 bridgehead atoms. The number of thiophene rings is 1. The summed E-state index contributed by atoms with van der Waals surface area (Å²) in [4.78, 5) is 23.7. The van der Waals surface area contributed by atoms with Gasteiger partial charge in [-0.1, -0.05) is 30.3 Å². The van der Waals surface area contributed by atoms with Gasteiger partial charge in [0.15, 0.2) is 5.82 Å². The topological polar surface area (TPSA) is 93.3 Å². The first-order valence-corrected chi connectivity index (χ1v) is 13.0. The van der Waals surface area contributed by atoms with E-state index in [1.54, 1.807) is 29.6 Å². The first-order chi connectivity index (χ1) is 16.8. The zero-order valence-corrected chi connectivity index (χ0v) is 21.7. The van der Waals surface area contributed by atoms with Crippen molar-refractivity contribution in [3.63, 3.8) is 0 Å². The van der Waals surface area contributed by atoms with Gasteiger partial charge < -0.3 is 5.11 Å². The summed E-state index contributed by atoms with van der Waals surface area (Å²) in [6.45, 7) is 9.76. The van der Waals surface area contributed by atoms with Crippen LogP contribution in [0.2, 0.25) is 0 Å². The van der Waals surface area contributed by atoms with E-state index in [4.69, 9.17) is 4.99 Å². The minimum absolute atomic E-state index is 0.564. The summed E-state index contributed by atoms with van der Waals surface area (Å²) >= 11 is 3.28. The standard InChI is InChI=1S/C26H25N5O2S2/c1-13-16(4)35-25-21(13)23(28-22(14(2)26(32)33)24-30-29-17(5)31(24)25)19-9-6-18(7-10-19)8-11-20-15(3)27-12-34-20/h6-12,14,22H,1-5H3,(H,32,33)/t14?,22-/m0/s1. The van der Waals surface area contributed by atoms with Crippen LogP contribution in [-0.2, 0) is 4.79 Å². The Morgan fingerprint density at radius 1 is 1.11 bits per heavy atom. The fourth-order valence-corrected chi connectivity index (χ4v) is 6.12. The summed E-state index contributed by atoms with van der Waals surface area (Å²) < 4.78 is 1.98. The number of aryl methyl sites for hydroxylation is 3. The van der Waals surface area contributed by atoms with E-state index in [-0.39, 0.29) is 0 Å². The zero-order chi connectivity index (χ0) is 24.9. The van der Waals surface area contributed by atoms with Crippen molar-refractivity contribution in [2.24, 2.45) is 10.9 Å². The molecule has 1 N–H and O–H groups in total. The fourth-order valence-electron chi connectivity index (χ4n) is 4.21. The van der Waals surface area contributed by atoms with Crippen LogP contribution >= 0.6 is 22.7 Å². The summed E-state index contributed by atoms with van der Waals surface area (Å²) in [6.07, 6.45) is 4.15. The highest BCUT2D eigenvalue weighted by atomic mass is 32.1. The van der Waals surface area contributed by atoms with Crippen molar-refractivity contribution in [1.29, 1.82) is 0 Å². The Kier molecular flexibility index (Phi) is 5.98. The van der Waals surface area contributed by atoms with Crippen molar-refractivity contribution in [2.45, 2.75) is 40.7 Å². The highest BCUT2D eigenvalue weighted by molar-refractivity contribution is 7.15. The van der Waals surface area contributed by atoms with Gasteiger partial charge in [0.2, 0.25) is 0 Å². The largest absolute Gasteiger partial charge is 0.481 e. The number of fused-ring (bicyclic) bond motifs is 3. The monoisotopic (exact) mass is 503 g/mol. The Hall–Kier alpha value is -3.43. The summed E-state index contributed by atoms with van der Waals surface area (Å²) in [5.74, 6) is -0.385. The number of aliphatic carboxylic acids is 1. The average molecular weight is 504 g/mol.